The second kappa shape index (κ2) is 7.20. The largest absolute Gasteiger partial charge is 0.390 e. The minimum absolute atomic E-state index is 0.0424. The summed E-state index contributed by atoms with van der Waals surface area (Å²) in [7, 11) is 0. The van der Waals surface area contributed by atoms with Gasteiger partial charge in [-0.2, -0.15) is 0 Å². The normalized spacial score (nSPS) is 28.9. The number of β-amino-alcohol motifs (C(OH)–C–C–N with tert-alkyl or cyclic N) is 1. The van der Waals surface area contributed by atoms with Gasteiger partial charge in [0.05, 0.1) is 6.10 Å². The van der Waals surface area contributed by atoms with Crippen molar-refractivity contribution < 1.29 is 5.11 Å². The summed E-state index contributed by atoms with van der Waals surface area (Å²) < 4.78 is 0. The van der Waals surface area contributed by atoms with Crippen molar-refractivity contribution in [3.8, 4) is 0 Å². The van der Waals surface area contributed by atoms with Crippen LogP contribution in [-0.4, -0.2) is 53.2 Å². The van der Waals surface area contributed by atoms with Crippen LogP contribution in [0.3, 0.4) is 0 Å². The fraction of sp³-hybridized carbons (Fsp3) is 0.750. The number of nitrogens with two attached hydrogens (primary N) is 1. The second-order valence-corrected chi connectivity index (χ2v) is 7.51. The molecule has 3 heterocycles. The Morgan fingerprint density at radius 1 is 1.14 bits per heavy atom. The number of nitrogens with zero attached hydrogens (tertiary/aromatic N) is 2. The quantitative estimate of drug-likeness (QED) is 0.887. The first kappa shape index (κ1) is 15.4. The first-order chi connectivity index (χ1) is 10.2. The van der Waals surface area contributed by atoms with Gasteiger partial charge in [0, 0.05) is 37.1 Å². The van der Waals surface area contributed by atoms with Crippen molar-refractivity contribution >= 4 is 11.3 Å². The summed E-state index contributed by atoms with van der Waals surface area (Å²) in [6.07, 6.45) is 4.62. The second-order valence-electron chi connectivity index (χ2n) is 6.51. The molecule has 5 heteroatoms. The molecule has 0 saturated carbocycles. The Labute approximate surface area is 131 Å². The molecule has 0 spiro atoms. The van der Waals surface area contributed by atoms with Gasteiger partial charge in [0.25, 0.3) is 0 Å². The molecule has 4 nitrogen and oxygen atoms in total. The highest BCUT2D eigenvalue weighted by Gasteiger charge is 2.24. The molecule has 2 fully saturated rings. The minimum atomic E-state index is -0.369. The van der Waals surface area contributed by atoms with Crippen LogP contribution in [-0.2, 0) is 13.1 Å². The molecule has 0 radical (unpaired) electrons. The molecule has 2 atom stereocenters. The average Bonchev–Trinajstić information content (AvgIpc) is 2.91. The van der Waals surface area contributed by atoms with Gasteiger partial charge in [0.2, 0.25) is 0 Å². The van der Waals surface area contributed by atoms with E-state index in [0.29, 0.717) is 6.54 Å². The van der Waals surface area contributed by atoms with Crippen molar-refractivity contribution in [2.75, 3.05) is 26.2 Å². The zero-order valence-corrected chi connectivity index (χ0v) is 13.5. The van der Waals surface area contributed by atoms with Gasteiger partial charge in [-0.1, -0.05) is 6.42 Å². The Kier molecular flexibility index (Phi) is 5.29. The molecule has 2 aliphatic heterocycles. The number of hydrogen-bond acceptors (Lipinski definition) is 5. The van der Waals surface area contributed by atoms with E-state index in [1.807, 2.05) is 11.3 Å². The maximum absolute atomic E-state index is 9.88. The Morgan fingerprint density at radius 3 is 2.71 bits per heavy atom. The van der Waals surface area contributed by atoms with E-state index in [9.17, 15) is 5.11 Å². The molecule has 21 heavy (non-hydrogen) atoms. The molecule has 0 aromatic carbocycles. The van der Waals surface area contributed by atoms with Crippen molar-refractivity contribution in [2.24, 2.45) is 5.73 Å². The van der Waals surface area contributed by atoms with Crippen LogP contribution in [0.25, 0.3) is 0 Å². The van der Waals surface area contributed by atoms with Crippen LogP contribution in [0.4, 0.5) is 0 Å². The molecule has 0 bridgehead atoms. The number of aliphatic hydroxyl groups is 1. The van der Waals surface area contributed by atoms with Gasteiger partial charge in [-0.15, -0.1) is 11.3 Å². The third-order valence-corrected chi connectivity index (χ3v) is 5.63. The molecule has 2 saturated heterocycles. The van der Waals surface area contributed by atoms with E-state index in [2.05, 4.69) is 21.2 Å². The fourth-order valence-corrected chi connectivity index (χ4v) is 4.27. The van der Waals surface area contributed by atoms with Gasteiger partial charge >= 0.3 is 0 Å². The SMILES string of the molecule is N[C@@H]1CCN(Cc2cc(CN3CCCCC3)cs2)C[C@H]1O. The first-order valence-electron chi connectivity index (χ1n) is 8.15. The molecule has 0 aliphatic carbocycles. The molecule has 3 N–H and O–H groups in total. The summed E-state index contributed by atoms with van der Waals surface area (Å²) >= 11 is 1.85. The molecule has 0 amide bonds. The average molecular weight is 309 g/mol. The molecule has 0 unspecified atom stereocenters. The van der Waals surface area contributed by atoms with Crippen LogP contribution < -0.4 is 5.73 Å². The molecule has 1 aromatic rings. The lowest BCUT2D eigenvalue weighted by Gasteiger charge is -2.33. The van der Waals surface area contributed by atoms with Crippen molar-refractivity contribution in [2.45, 2.75) is 50.9 Å². The topological polar surface area (TPSA) is 52.7 Å². The number of aliphatic hydroxyl groups excluding tert-OH is 1. The van der Waals surface area contributed by atoms with Crippen LogP contribution >= 0.6 is 11.3 Å². The number of thiophene rings is 1. The smallest absolute Gasteiger partial charge is 0.0818 e. The van der Waals surface area contributed by atoms with Gasteiger partial charge in [0.1, 0.15) is 0 Å². The predicted octanol–water partition coefficient (Wildman–Crippen LogP) is 1.63. The Balaban J connectivity index is 1.50. The lowest BCUT2D eigenvalue weighted by atomic mass is 10.0. The Bertz CT molecular complexity index is 444. The fourth-order valence-electron chi connectivity index (χ4n) is 3.35. The van der Waals surface area contributed by atoms with Gasteiger partial charge in [0.15, 0.2) is 0 Å². The number of piperidine rings is 2. The molecule has 2 aliphatic rings. The highest BCUT2D eigenvalue weighted by Crippen LogP contribution is 2.21. The van der Waals surface area contributed by atoms with Crippen molar-refractivity contribution in [3.63, 3.8) is 0 Å². The minimum Gasteiger partial charge on any atom is -0.390 e. The van der Waals surface area contributed by atoms with E-state index in [1.165, 1.54) is 42.8 Å². The van der Waals surface area contributed by atoms with Gasteiger partial charge < -0.3 is 10.8 Å². The summed E-state index contributed by atoms with van der Waals surface area (Å²) in [5.74, 6) is 0. The monoisotopic (exact) mass is 309 g/mol. The van der Waals surface area contributed by atoms with Crippen LogP contribution in [0, 0.1) is 0 Å². The van der Waals surface area contributed by atoms with Crippen LogP contribution in [0.2, 0.25) is 0 Å². The van der Waals surface area contributed by atoms with Crippen molar-refractivity contribution in [1.82, 2.24) is 9.80 Å². The highest BCUT2D eigenvalue weighted by atomic mass is 32.1. The summed E-state index contributed by atoms with van der Waals surface area (Å²) in [5, 5.41) is 12.2. The number of rotatable bonds is 4. The Morgan fingerprint density at radius 2 is 1.95 bits per heavy atom. The van der Waals surface area contributed by atoms with E-state index in [-0.39, 0.29) is 12.1 Å². The molecular formula is C16H27N3OS. The van der Waals surface area contributed by atoms with E-state index in [4.69, 9.17) is 5.73 Å². The zero-order valence-electron chi connectivity index (χ0n) is 12.7. The summed E-state index contributed by atoms with van der Waals surface area (Å²) in [5.41, 5.74) is 7.31. The van der Waals surface area contributed by atoms with Gasteiger partial charge in [-0.05, 0) is 49.4 Å². The van der Waals surface area contributed by atoms with Crippen LogP contribution in [0.1, 0.15) is 36.1 Å². The van der Waals surface area contributed by atoms with E-state index in [1.54, 1.807) is 0 Å². The Hall–Kier alpha value is -0.460. The van der Waals surface area contributed by atoms with E-state index >= 15 is 0 Å². The molecular weight excluding hydrogens is 282 g/mol. The zero-order chi connectivity index (χ0) is 14.7. The molecule has 118 valence electrons. The molecule has 3 rings (SSSR count). The van der Waals surface area contributed by atoms with Crippen molar-refractivity contribution in [1.29, 1.82) is 0 Å². The lowest BCUT2D eigenvalue weighted by Crippen LogP contribution is -2.50. The summed E-state index contributed by atoms with van der Waals surface area (Å²) in [6, 6.07) is 2.31. The lowest BCUT2D eigenvalue weighted by molar-refractivity contribution is 0.0504. The van der Waals surface area contributed by atoms with E-state index in [0.717, 1.165) is 26.1 Å². The maximum Gasteiger partial charge on any atom is 0.0818 e. The standard InChI is InChI=1S/C16H27N3OS/c17-15-4-7-19(11-16(15)20)10-14-8-13(12-21-14)9-18-5-2-1-3-6-18/h8,12,15-16,20H,1-7,9-11,17H2/t15-,16-/m1/s1. The first-order valence-corrected chi connectivity index (χ1v) is 9.03. The summed E-state index contributed by atoms with van der Waals surface area (Å²) in [4.78, 5) is 6.30. The van der Waals surface area contributed by atoms with Crippen molar-refractivity contribution in [3.05, 3.63) is 21.9 Å². The third kappa shape index (κ3) is 4.27. The third-order valence-electron chi connectivity index (χ3n) is 4.66. The van der Waals surface area contributed by atoms with Crippen LogP contribution in [0.15, 0.2) is 11.4 Å². The summed E-state index contributed by atoms with van der Waals surface area (Å²) in [6.45, 7) is 6.26. The van der Waals surface area contributed by atoms with E-state index < -0.39 is 0 Å². The van der Waals surface area contributed by atoms with Gasteiger partial charge in [-0.25, -0.2) is 0 Å². The predicted molar refractivity (Wildman–Crippen MR) is 87.3 cm³/mol. The van der Waals surface area contributed by atoms with Crippen LogP contribution in [0.5, 0.6) is 0 Å². The van der Waals surface area contributed by atoms with Gasteiger partial charge in [-0.3, -0.25) is 9.80 Å². The number of likely N-dealkylation sites (tertiary alicyclic amines) is 2. The number of hydrogen-bond donors (Lipinski definition) is 2. The molecule has 1 aromatic heterocycles. The highest BCUT2D eigenvalue weighted by molar-refractivity contribution is 7.10. The maximum atomic E-state index is 9.88.